The minimum absolute atomic E-state index is 0.789. The lowest BCUT2D eigenvalue weighted by Gasteiger charge is -2.02. The Hall–Kier alpha value is -0.370. The number of hydrogen-bond acceptors (Lipinski definition) is 2. The van der Waals surface area contributed by atoms with E-state index in [9.17, 15) is 0 Å². The second-order valence-electron chi connectivity index (χ2n) is 3.01. The summed E-state index contributed by atoms with van der Waals surface area (Å²) in [6, 6.07) is 2.03. The predicted molar refractivity (Wildman–Crippen MR) is 65.6 cm³/mol. The Morgan fingerprint density at radius 3 is 2.64 bits per heavy atom. The maximum Gasteiger partial charge on any atom is 0.153 e. The molecule has 0 bridgehead atoms. The summed E-state index contributed by atoms with van der Waals surface area (Å²) in [6.45, 7) is 4.00. The van der Waals surface area contributed by atoms with Crippen LogP contribution in [0.25, 0.3) is 5.69 Å². The van der Waals surface area contributed by atoms with Crippen LogP contribution in [0.2, 0.25) is 0 Å². The topological polar surface area (TPSA) is 46.5 Å². The van der Waals surface area contributed by atoms with Gasteiger partial charge in [0.15, 0.2) is 4.60 Å². The van der Waals surface area contributed by atoms with E-state index in [1.165, 1.54) is 0 Å². The van der Waals surface area contributed by atoms with E-state index in [2.05, 4.69) is 53.8 Å². The van der Waals surface area contributed by atoms with Crippen LogP contribution in [-0.4, -0.2) is 20.0 Å². The highest BCUT2D eigenvalue weighted by molar-refractivity contribution is 14.1. The Labute approximate surface area is 103 Å². The van der Waals surface area contributed by atoms with Crippen LogP contribution in [0.3, 0.4) is 0 Å². The first-order valence-electron chi connectivity index (χ1n) is 4.02. The molecule has 0 spiro atoms. The van der Waals surface area contributed by atoms with Crippen molar-refractivity contribution in [1.82, 2.24) is 20.0 Å². The van der Waals surface area contributed by atoms with Gasteiger partial charge in [0.05, 0.1) is 5.69 Å². The van der Waals surface area contributed by atoms with Crippen molar-refractivity contribution in [2.75, 3.05) is 0 Å². The normalized spacial score (nSPS) is 10.9. The Balaban J connectivity index is 2.65. The number of H-pyrrole nitrogens is 1. The fourth-order valence-corrected chi connectivity index (χ4v) is 2.52. The molecule has 0 unspecified atom stereocenters. The molecule has 0 fully saturated rings. The fraction of sp³-hybridized carbons (Fsp3) is 0.250. The number of nitrogens with zero attached hydrogens (tertiary/aromatic N) is 3. The smallest absolute Gasteiger partial charge is 0.153 e. The maximum atomic E-state index is 4.39. The largest absolute Gasteiger partial charge is 0.279 e. The van der Waals surface area contributed by atoms with Crippen molar-refractivity contribution in [3.63, 3.8) is 0 Å². The second-order valence-corrected chi connectivity index (χ2v) is 4.86. The van der Waals surface area contributed by atoms with Crippen LogP contribution in [0.5, 0.6) is 0 Å². The lowest BCUT2D eigenvalue weighted by molar-refractivity contribution is 0.829. The van der Waals surface area contributed by atoms with Crippen LogP contribution >= 0.6 is 38.5 Å². The van der Waals surface area contributed by atoms with Gasteiger partial charge < -0.3 is 0 Å². The number of hydrogen-bond donors (Lipinski definition) is 1. The molecule has 0 aliphatic carbocycles. The van der Waals surface area contributed by atoms with E-state index >= 15 is 0 Å². The quantitative estimate of drug-likeness (QED) is 0.788. The molecule has 6 heteroatoms. The summed E-state index contributed by atoms with van der Waals surface area (Å²) in [5, 5.41) is 11.4. The highest BCUT2D eigenvalue weighted by atomic mass is 127. The standard InChI is InChI=1S/C8H8BrIN4/c1-4-3-6(10)13-14(4)7-5(2)11-12-8(7)9/h3H,1-2H3,(H,11,12). The van der Waals surface area contributed by atoms with Crippen LogP contribution in [0.1, 0.15) is 11.4 Å². The molecule has 14 heavy (non-hydrogen) atoms. The summed E-state index contributed by atoms with van der Waals surface area (Å²) in [5.41, 5.74) is 3.07. The van der Waals surface area contributed by atoms with Crippen LogP contribution in [0.15, 0.2) is 10.7 Å². The predicted octanol–water partition coefficient (Wildman–Crippen LogP) is 2.58. The molecule has 0 saturated carbocycles. The van der Waals surface area contributed by atoms with Gasteiger partial charge in [-0.25, -0.2) is 4.68 Å². The molecular weight excluding hydrogens is 359 g/mol. The van der Waals surface area contributed by atoms with Crippen LogP contribution in [0, 0.1) is 17.5 Å². The first-order valence-corrected chi connectivity index (χ1v) is 5.90. The molecule has 0 radical (unpaired) electrons. The second kappa shape index (κ2) is 3.65. The van der Waals surface area contributed by atoms with Gasteiger partial charge in [-0.3, -0.25) is 5.10 Å². The molecule has 74 valence electrons. The Kier molecular flexibility index (Phi) is 2.65. The minimum Gasteiger partial charge on any atom is -0.279 e. The van der Waals surface area contributed by atoms with Crippen LogP contribution in [-0.2, 0) is 0 Å². The van der Waals surface area contributed by atoms with Gasteiger partial charge in [-0.1, -0.05) is 0 Å². The lowest BCUT2D eigenvalue weighted by atomic mass is 10.4. The van der Waals surface area contributed by atoms with E-state index in [0.29, 0.717) is 0 Å². The summed E-state index contributed by atoms with van der Waals surface area (Å²) in [5.74, 6) is 0. The van der Waals surface area contributed by atoms with Crippen molar-refractivity contribution in [3.05, 3.63) is 25.8 Å². The zero-order valence-corrected chi connectivity index (χ0v) is 11.4. The molecule has 0 aliphatic heterocycles. The van der Waals surface area contributed by atoms with E-state index in [-0.39, 0.29) is 0 Å². The molecule has 4 nitrogen and oxygen atoms in total. The SMILES string of the molecule is Cc1[nH]nc(Br)c1-n1nc(I)cc1C. The molecule has 2 aromatic heterocycles. The molecule has 0 amide bonds. The molecule has 0 aromatic carbocycles. The summed E-state index contributed by atoms with van der Waals surface area (Å²) in [7, 11) is 0. The maximum absolute atomic E-state index is 4.39. The first kappa shape index (κ1) is 10.2. The van der Waals surface area contributed by atoms with E-state index < -0.39 is 0 Å². The van der Waals surface area contributed by atoms with Crippen LogP contribution in [0.4, 0.5) is 0 Å². The number of rotatable bonds is 1. The zero-order valence-electron chi connectivity index (χ0n) is 7.67. The van der Waals surface area contributed by atoms with Gasteiger partial charge >= 0.3 is 0 Å². The first-order chi connectivity index (χ1) is 6.59. The van der Waals surface area contributed by atoms with E-state index in [0.717, 1.165) is 25.4 Å². The monoisotopic (exact) mass is 366 g/mol. The van der Waals surface area contributed by atoms with Gasteiger partial charge in [0, 0.05) is 5.69 Å². The third-order valence-corrected chi connectivity index (χ3v) is 3.02. The van der Waals surface area contributed by atoms with Crippen molar-refractivity contribution in [2.45, 2.75) is 13.8 Å². The number of aromatic nitrogens is 4. The highest BCUT2D eigenvalue weighted by Crippen LogP contribution is 2.23. The lowest BCUT2D eigenvalue weighted by Crippen LogP contribution is -2.00. The van der Waals surface area contributed by atoms with Crippen molar-refractivity contribution < 1.29 is 0 Å². The molecule has 1 N–H and O–H groups in total. The number of halogens is 2. The highest BCUT2D eigenvalue weighted by Gasteiger charge is 2.13. The van der Waals surface area contributed by atoms with E-state index in [4.69, 9.17) is 0 Å². The molecular formula is C8H8BrIN4. The Morgan fingerprint density at radius 2 is 2.21 bits per heavy atom. The number of aromatic amines is 1. The third-order valence-electron chi connectivity index (χ3n) is 1.94. The molecule has 0 aliphatic rings. The zero-order chi connectivity index (χ0) is 10.3. The van der Waals surface area contributed by atoms with Crippen molar-refractivity contribution >= 4 is 38.5 Å². The molecule has 2 aromatic rings. The van der Waals surface area contributed by atoms with E-state index in [1.54, 1.807) is 0 Å². The molecule has 2 rings (SSSR count). The Bertz CT molecular complexity index is 454. The molecule has 0 atom stereocenters. The van der Waals surface area contributed by atoms with Gasteiger partial charge in [0.25, 0.3) is 0 Å². The minimum atomic E-state index is 0.789. The molecule has 0 saturated heterocycles. The summed E-state index contributed by atoms with van der Waals surface area (Å²) < 4.78 is 3.65. The van der Waals surface area contributed by atoms with Gasteiger partial charge in [-0.15, -0.1) is 0 Å². The summed E-state index contributed by atoms with van der Waals surface area (Å²) in [6.07, 6.45) is 0. The van der Waals surface area contributed by atoms with Crippen molar-refractivity contribution in [3.8, 4) is 5.69 Å². The summed E-state index contributed by atoms with van der Waals surface area (Å²) in [4.78, 5) is 0. The molecule has 2 heterocycles. The summed E-state index contributed by atoms with van der Waals surface area (Å²) >= 11 is 5.59. The van der Waals surface area contributed by atoms with Crippen molar-refractivity contribution in [1.29, 1.82) is 0 Å². The van der Waals surface area contributed by atoms with Crippen LogP contribution < -0.4 is 0 Å². The number of nitrogens with one attached hydrogen (secondary N) is 1. The average molecular weight is 367 g/mol. The van der Waals surface area contributed by atoms with E-state index in [1.807, 2.05) is 24.6 Å². The van der Waals surface area contributed by atoms with Crippen molar-refractivity contribution in [2.24, 2.45) is 0 Å². The fourth-order valence-electron chi connectivity index (χ4n) is 1.30. The van der Waals surface area contributed by atoms with Gasteiger partial charge in [0.1, 0.15) is 9.39 Å². The van der Waals surface area contributed by atoms with Gasteiger partial charge in [-0.2, -0.15) is 10.2 Å². The average Bonchev–Trinajstić information content (AvgIpc) is 2.57. The number of aryl methyl sites for hydroxylation is 2. The Morgan fingerprint density at radius 1 is 1.50 bits per heavy atom. The third kappa shape index (κ3) is 1.60. The van der Waals surface area contributed by atoms with Gasteiger partial charge in [0.2, 0.25) is 0 Å². The van der Waals surface area contributed by atoms with Gasteiger partial charge in [-0.05, 0) is 58.4 Å².